The molecule has 0 saturated heterocycles. The Morgan fingerprint density at radius 2 is 1.81 bits per heavy atom. The van der Waals surface area contributed by atoms with Crippen molar-refractivity contribution in [3.8, 4) is 0 Å². The molecule has 1 heterocycles. The molecular formula is C20H16N3O3-. The SMILES string of the molecule is Cc1ccc2nc(C)c(C(=O)N/N=C\c3ccc(C(=O)[O-])cc3)cc2c1. The second-order valence-corrected chi connectivity index (χ2v) is 5.93. The zero-order valence-electron chi connectivity index (χ0n) is 14.3. The van der Waals surface area contributed by atoms with E-state index in [1.54, 1.807) is 25.1 Å². The number of aryl methyl sites for hydroxylation is 2. The van der Waals surface area contributed by atoms with Crippen LogP contribution in [0.1, 0.15) is 37.5 Å². The van der Waals surface area contributed by atoms with Gasteiger partial charge in [0, 0.05) is 5.39 Å². The van der Waals surface area contributed by atoms with E-state index in [2.05, 4.69) is 15.5 Å². The molecule has 6 nitrogen and oxygen atoms in total. The minimum Gasteiger partial charge on any atom is -0.545 e. The van der Waals surface area contributed by atoms with Crippen molar-refractivity contribution in [2.75, 3.05) is 0 Å². The number of aromatic nitrogens is 1. The van der Waals surface area contributed by atoms with Crippen LogP contribution in [0.2, 0.25) is 0 Å². The summed E-state index contributed by atoms with van der Waals surface area (Å²) in [7, 11) is 0. The Labute approximate surface area is 150 Å². The molecule has 0 aliphatic carbocycles. The predicted octanol–water partition coefficient (Wildman–Crippen LogP) is 1.98. The molecule has 0 saturated carbocycles. The molecule has 26 heavy (non-hydrogen) atoms. The second kappa shape index (κ2) is 7.14. The number of nitrogens with one attached hydrogen (secondary N) is 1. The summed E-state index contributed by atoms with van der Waals surface area (Å²) in [5.41, 5.74) is 6.20. The number of hydrogen-bond acceptors (Lipinski definition) is 5. The largest absolute Gasteiger partial charge is 0.545 e. The van der Waals surface area contributed by atoms with Crippen LogP contribution in [0.4, 0.5) is 0 Å². The second-order valence-electron chi connectivity index (χ2n) is 5.93. The number of aromatic carboxylic acids is 1. The first-order chi connectivity index (χ1) is 12.4. The summed E-state index contributed by atoms with van der Waals surface area (Å²) in [6.07, 6.45) is 1.44. The van der Waals surface area contributed by atoms with E-state index < -0.39 is 5.97 Å². The average molecular weight is 346 g/mol. The van der Waals surface area contributed by atoms with Crippen LogP contribution < -0.4 is 10.5 Å². The van der Waals surface area contributed by atoms with Crippen LogP contribution in [0.3, 0.4) is 0 Å². The highest BCUT2D eigenvalue weighted by Gasteiger charge is 2.11. The molecule has 0 fully saturated rings. The molecule has 3 aromatic rings. The van der Waals surface area contributed by atoms with Crippen LogP contribution in [0.25, 0.3) is 10.9 Å². The average Bonchev–Trinajstić information content (AvgIpc) is 2.61. The lowest BCUT2D eigenvalue weighted by Crippen LogP contribution is -2.22. The number of carboxylic acid groups (broad SMARTS) is 1. The zero-order chi connectivity index (χ0) is 18.7. The number of hydrazone groups is 1. The van der Waals surface area contributed by atoms with Gasteiger partial charge in [-0.1, -0.05) is 35.9 Å². The third-order valence-corrected chi connectivity index (χ3v) is 3.93. The van der Waals surface area contributed by atoms with Gasteiger partial charge in [0.25, 0.3) is 5.91 Å². The van der Waals surface area contributed by atoms with Crippen LogP contribution in [0.5, 0.6) is 0 Å². The quantitative estimate of drug-likeness (QED) is 0.577. The van der Waals surface area contributed by atoms with Gasteiger partial charge in [-0.25, -0.2) is 5.43 Å². The molecule has 0 aliphatic heterocycles. The molecular weight excluding hydrogens is 330 g/mol. The number of carbonyl (C=O) groups is 2. The summed E-state index contributed by atoms with van der Waals surface area (Å²) >= 11 is 0. The van der Waals surface area contributed by atoms with Crippen molar-refractivity contribution >= 4 is 29.0 Å². The topological polar surface area (TPSA) is 94.5 Å². The molecule has 0 bridgehead atoms. The van der Waals surface area contributed by atoms with Crippen molar-refractivity contribution in [2.45, 2.75) is 13.8 Å². The lowest BCUT2D eigenvalue weighted by Gasteiger charge is -2.07. The molecule has 0 spiro atoms. The van der Waals surface area contributed by atoms with Gasteiger partial charge < -0.3 is 9.90 Å². The fraction of sp³-hybridized carbons (Fsp3) is 0.100. The smallest absolute Gasteiger partial charge is 0.273 e. The number of amides is 1. The molecule has 0 radical (unpaired) electrons. The molecule has 1 amide bonds. The van der Waals surface area contributed by atoms with Crippen molar-refractivity contribution in [3.63, 3.8) is 0 Å². The fourth-order valence-corrected chi connectivity index (χ4v) is 2.55. The molecule has 2 aromatic carbocycles. The minimum absolute atomic E-state index is 0.0827. The molecule has 1 aromatic heterocycles. The van der Waals surface area contributed by atoms with Crippen molar-refractivity contribution in [2.24, 2.45) is 5.10 Å². The minimum atomic E-state index is -1.24. The van der Waals surface area contributed by atoms with Crippen molar-refractivity contribution in [1.29, 1.82) is 0 Å². The summed E-state index contributed by atoms with van der Waals surface area (Å²) in [5, 5.41) is 15.5. The van der Waals surface area contributed by atoms with Crippen LogP contribution in [-0.4, -0.2) is 23.1 Å². The summed E-state index contributed by atoms with van der Waals surface area (Å²) in [6.45, 7) is 3.76. The van der Waals surface area contributed by atoms with Gasteiger partial charge in [-0.3, -0.25) is 9.78 Å². The summed E-state index contributed by atoms with van der Waals surface area (Å²) in [6, 6.07) is 13.7. The number of nitrogens with zero attached hydrogens (tertiary/aromatic N) is 2. The Bertz CT molecular complexity index is 1020. The summed E-state index contributed by atoms with van der Waals surface area (Å²) in [4.78, 5) is 27.5. The van der Waals surface area contributed by atoms with E-state index in [-0.39, 0.29) is 11.5 Å². The monoisotopic (exact) mass is 346 g/mol. The van der Waals surface area contributed by atoms with Gasteiger partial charge in [-0.2, -0.15) is 5.10 Å². The molecule has 6 heteroatoms. The van der Waals surface area contributed by atoms with Gasteiger partial charge in [-0.15, -0.1) is 0 Å². The molecule has 0 atom stereocenters. The van der Waals surface area contributed by atoms with Crippen LogP contribution in [-0.2, 0) is 0 Å². The Kier molecular flexibility index (Phi) is 4.75. The van der Waals surface area contributed by atoms with Crippen molar-refractivity contribution in [3.05, 3.63) is 76.5 Å². The van der Waals surface area contributed by atoms with E-state index in [1.807, 2.05) is 25.1 Å². The first kappa shape index (κ1) is 17.3. The highest BCUT2D eigenvalue weighted by Crippen LogP contribution is 2.18. The van der Waals surface area contributed by atoms with Crippen molar-refractivity contribution in [1.82, 2.24) is 10.4 Å². The van der Waals surface area contributed by atoms with Crippen molar-refractivity contribution < 1.29 is 14.7 Å². The number of carbonyl (C=O) groups excluding carboxylic acids is 2. The van der Waals surface area contributed by atoms with Gasteiger partial charge in [0.2, 0.25) is 0 Å². The summed E-state index contributed by atoms with van der Waals surface area (Å²) < 4.78 is 0. The Morgan fingerprint density at radius 3 is 2.50 bits per heavy atom. The van der Waals surface area contributed by atoms with Gasteiger partial charge in [-0.05, 0) is 43.2 Å². The number of carboxylic acids is 1. The molecule has 1 N–H and O–H groups in total. The maximum absolute atomic E-state index is 12.4. The lowest BCUT2D eigenvalue weighted by molar-refractivity contribution is -0.255. The maximum Gasteiger partial charge on any atom is 0.273 e. The predicted molar refractivity (Wildman–Crippen MR) is 97.0 cm³/mol. The Morgan fingerprint density at radius 1 is 1.08 bits per heavy atom. The van der Waals surface area contributed by atoms with E-state index in [0.29, 0.717) is 16.8 Å². The molecule has 0 unspecified atom stereocenters. The van der Waals surface area contributed by atoms with Crippen LogP contribution >= 0.6 is 0 Å². The number of benzene rings is 2. The molecule has 3 rings (SSSR count). The van der Waals surface area contributed by atoms with E-state index in [4.69, 9.17) is 0 Å². The fourth-order valence-electron chi connectivity index (χ4n) is 2.55. The van der Waals surface area contributed by atoms with Crippen LogP contribution in [0.15, 0.2) is 53.6 Å². The lowest BCUT2D eigenvalue weighted by atomic mass is 10.1. The Hall–Kier alpha value is -3.54. The normalized spacial score (nSPS) is 11.0. The number of rotatable bonds is 4. The van der Waals surface area contributed by atoms with Gasteiger partial charge in [0.15, 0.2) is 0 Å². The third kappa shape index (κ3) is 3.75. The van der Waals surface area contributed by atoms with E-state index in [0.717, 1.165) is 16.5 Å². The van der Waals surface area contributed by atoms with Crippen LogP contribution in [0, 0.1) is 13.8 Å². The van der Waals surface area contributed by atoms with E-state index in [9.17, 15) is 14.7 Å². The van der Waals surface area contributed by atoms with Gasteiger partial charge in [0.1, 0.15) is 0 Å². The van der Waals surface area contributed by atoms with E-state index in [1.165, 1.54) is 18.3 Å². The molecule has 0 aliphatic rings. The highest BCUT2D eigenvalue weighted by atomic mass is 16.4. The third-order valence-electron chi connectivity index (χ3n) is 3.93. The van der Waals surface area contributed by atoms with E-state index >= 15 is 0 Å². The molecule has 130 valence electrons. The first-order valence-corrected chi connectivity index (χ1v) is 7.97. The number of hydrogen-bond donors (Lipinski definition) is 1. The standard InChI is InChI=1S/C20H17N3O3/c1-12-3-8-18-16(9-12)10-17(13(2)22-18)19(24)23-21-11-14-4-6-15(7-5-14)20(25)26/h3-11H,1-2H3,(H,23,24)(H,25,26)/p-1/b21-11-. The van der Waals surface area contributed by atoms with Gasteiger partial charge >= 0.3 is 0 Å². The number of fused-ring (bicyclic) bond motifs is 1. The number of pyridine rings is 1. The summed E-state index contributed by atoms with van der Waals surface area (Å²) in [5.74, 6) is -1.60. The zero-order valence-corrected chi connectivity index (χ0v) is 14.3. The maximum atomic E-state index is 12.4. The highest BCUT2D eigenvalue weighted by molar-refractivity contribution is 5.99. The first-order valence-electron chi connectivity index (χ1n) is 7.97. The Balaban J connectivity index is 1.76. The van der Waals surface area contributed by atoms with Gasteiger partial charge in [0.05, 0.1) is 29.0 Å².